The lowest BCUT2D eigenvalue weighted by atomic mass is 10.0. The van der Waals surface area contributed by atoms with E-state index < -0.39 is 12.1 Å². The number of ether oxygens (including phenoxy) is 1. The number of aliphatic hydroxyl groups is 1. The van der Waals surface area contributed by atoms with Gasteiger partial charge in [-0.3, -0.25) is 0 Å². The van der Waals surface area contributed by atoms with E-state index in [4.69, 9.17) is 16.3 Å². The summed E-state index contributed by atoms with van der Waals surface area (Å²) in [5, 5.41) is 10.6. The number of aliphatic hydroxyl groups excluding tert-OH is 1. The van der Waals surface area contributed by atoms with Crippen molar-refractivity contribution in [3.63, 3.8) is 0 Å². The van der Waals surface area contributed by atoms with E-state index in [1.54, 1.807) is 44.2 Å². The first-order valence-electron chi connectivity index (χ1n) is 5.37. The van der Waals surface area contributed by atoms with Crippen LogP contribution < -0.4 is 0 Å². The number of hydrogen-bond acceptors (Lipinski definition) is 3. The topological polar surface area (TPSA) is 46.5 Å². The fourth-order valence-corrected chi connectivity index (χ4v) is 1.55. The lowest BCUT2D eigenvalue weighted by Crippen LogP contribution is -2.14. The maximum absolute atomic E-state index is 11.6. The molecule has 17 heavy (non-hydrogen) atoms. The Morgan fingerprint density at radius 3 is 2.53 bits per heavy atom. The number of benzene rings is 1. The van der Waals surface area contributed by atoms with Crippen LogP contribution in [0, 0.1) is 0 Å². The number of allylic oxidation sites excluding steroid dienone is 1. The third-order valence-electron chi connectivity index (χ3n) is 2.30. The highest BCUT2D eigenvalue weighted by Gasteiger charge is 2.20. The van der Waals surface area contributed by atoms with Crippen molar-refractivity contribution >= 4 is 17.6 Å². The lowest BCUT2D eigenvalue weighted by Gasteiger charge is -2.14. The molecule has 0 saturated carbocycles. The Hall–Kier alpha value is -1.32. The summed E-state index contributed by atoms with van der Waals surface area (Å²) in [5.74, 6) is -0.502. The van der Waals surface area contributed by atoms with Crippen molar-refractivity contribution < 1.29 is 14.6 Å². The molecule has 0 saturated heterocycles. The average molecular weight is 255 g/mol. The zero-order chi connectivity index (χ0) is 12.8. The molecular formula is C13H15ClO3. The van der Waals surface area contributed by atoms with E-state index in [0.717, 1.165) is 0 Å². The summed E-state index contributed by atoms with van der Waals surface area (Å²) in [5.41, 5.74) is 0.838. The molecule has 0 amide bonds. The second kappa shape index (κ2) is 6.42. The number of esters is 1. The van der Waals surface area contributed by atoms with Crippen molar-refractivity contribution in [2.45, 2.75) is 20.0 Å². The first-order chi connectivity index (χ1) is 8.10. The van der Waals surface area contributed by atoms with E-state index in [1.807, 2.05) is 0 Å². The van der Waals surface area contributed by atoms with Crippen LogP contribution in [0.25, 0.3) is 0 Å². The summed E-state index contributed by atoms with van der Waals surface area (Å²) in [6, 6.07) is 6.68. The quantitative estimate of drug-likeness (QED) is 0.664. The van der Waals surface area contributed by atoms with E-state index in [9.17, 15) is 9.90 Å². The van der Waals surface area contributed by atoms with Gasteiger partial charge in [-0.05, 0) is 31.5 Å². The van der Waals surface area contributed by atoms with E-state index >= 15 is 0 Å². The van der Waals surface area contributed by atoms with Gasteiger partial charge in [0.1, 0.15) is 6.10 Å². The molecule has 0 aliphatic heterocycles. The van der Waals surface area contributed by atoms with Crippen LogP contribution in [-0.4, -0.2) is 17.7 Å². The largest absolute Gasteiger partial charge is 0.463 e. The maximum Gasteiger partial charge on any atom is 0.336 e. The van der Waals surface area contributed by atoms with Crippen molar-refractivity contribution in [3.8, 4) is 0 Å². The van der Waals surface area contributed by atoms with Crippen LogP contribution >= 0.6 is 11.6 Å². The minimum Gasteiger partial charge on any atom is -0.463 e. The Bertz CT molecular complexity index is 409. The van der Waals surface area contributed by atoms with Crippen molar-refractivity contribution in [1.82, 2.24) is 0 Å². The molecule has 0 aromatic heterocycles. The average Bonchev–Trinajstić information content (AvgIpc) is 2.31. The zero-order valence-electron chi connectivity index (χ0n) is 9.81. The Morgan fingerprint density at radius 1 is 1.47 bits per heavy atom. The molecule has 92 valence electrons. The van der Waals surface area contributed by atoms with Crippen molar-refractivity contribution in [3.05, 3.63) is 46.5 Å². The van der Waals surface area contributed by atoms with Crippen LogP contribution in [0.15, 0.2) is 35.9 Å². The molecule has 1 atom stereocenters. The standard InChI is InChI=1S/C13H15ClO3/c1-3-11(13(16)17-4-2)12(15)9-5-7-10(14)8-6-9/h3,5-8,12,15H,4H2,1-2H3/b11-3+. The summed E-state index contributed by atoms with van der Waals surface area (Å²) < 4.78 is 4.87. The van der Waals surface area contributed by atoms with Gasteiger partial charge >= 0.3 is 5.97 Å². The molecule has 0 bridgehead atoms. The summed E-state index contributed by atoms with van der Waals surface area (Å²) in [4.78, 5) is 11.6. The van der Waals surface area contributed by atoms with Crippen molar-refractivity contribution in [2.24, 2.45) is 0 Å². The smallest absolute Gasteiger partial charge is 0.336 e. The van der Waals surface area contributed by atoms with Crippen molar-refractivity contribution in [2.75, 3.05) is 6.61 Å². The van der Waals surface area contributed by atoms with Gasteiger partial charge in [0.15, 0.2) is 0 Å². The van der Waals surface area contributed by atoms with Gasteiger partial charge in [-0.15, -0.1) is 0 Å². The highest BCUT2D eigenvalue weighted by atomic mass is 35.5. The number of carbonyl (C=O) groups excluding carboxylic acids is 1. The van der Waals surface area contributed by atoms with Crippen LogP contribution in [0.2, 0.25) is 5.02 Å². The predicted molar refractivity (Wildman–Crippen MR) is 66.8 cm³/mol. The van der Waals surface area contributed by atoms with Crippen LogP contribution in [-0.2, 0) is 9.53 Å². The van der Waals surface area contributed by atoms with Gasteiger partial charge in [0, 0.05) is 5.02 Å². The van der Waals surface area contributed by atoms with E-state index in [-0.39, 0.29) is 12.2 Å². The van der Waals surface area contributed by atoms with E-state index in [1.165, 1.54) is 0 Å². The zero-order valence-corrected chi connectivity index (χ0v) is 10.6. The van der Waals surface area contributed by atoms with Gasteiger partial charge in [-0.1, -0.05) is 29.8 Å². The number of hydrogen-bond donors (Lipinski definition) is 1. The molecule has 0 fully saturated rings. The second-order valence-corrected chi connectivity index (χ2v) is 3.86. The van der Waals surface area contributed by atoms with Gasteiger partial charge in [-0.2, -0.15) is 0 Å². The summed E-state index contributed by atoms with van der Waals surface area (Å²) in [6.45, 7) is 3.69. The first kappa shape index (κ1) is 13.7. The highest BCUT2D eigenvalue weighted by Crippen LogP contribution is 2.23. The molecule has 0 heterocycles. The number of carbonyl (C=O) groups is 1. The third-order valence-corrected chi connectivity index (χ3v) is 2.55. The van der Waals surface area contributed by atoms with Crippen LogP contribution in [0.3, 0.4) is 0 Å². The minimum absolute atomic E-state index is 0.231. The normalized spacial score (nSPS) is 13.3. The van der Waals surface area contributed by atoms with Gasteiger partial charge in [0.05, 0.1) is 12.2 Å². The molecule has 1 aromatic rings. The molecule has 3 nitrogen and oxygen atoms in total. The molecule has 1 rings (SSSR count). The molecule has 0 spiro atoms. The molecule has 4 heteroatoms. The molecule has 0 aliphatic rings. The third kappa shape index (κ3) is 3.58. The maximum atomic E-state index is 11.6. The van der Waals surface area contributed by atoms with Crippen LogP contribution in [0.5, 0.6) is 0 Å². The Balaban J connectivity index is 2.90. The Kier molecular flexibility index (Phi) is 5.19. The molecule has 1 unspecified atom stereocenters. The molecule has 1 aromatic carbocycles. The fourth-order valence-electron chi connectivity index (χ4n) is 1.43. The summed E-state index contributed by atoms with van der Waals surface area (Å²) in [7, 11) is 0. The van der Waals surface area contributed by atoms with E-state index in [0.29, 0.717) is 10.6 Å². The number of rotatable bonds is 4. The highest BCUT2D eigenvalue weighted by molar-refractivity contribution is 6.30. The van der Waals surface area contributed by atoms with Crippen molar-refractivity contribution in [1.29, 1.82) is 0 Å². The van der Waals surface area contributed by atoms with Gasteiger partial charge < -0.3 is 9.84 Å². The lowest BCUT2D eigenvalue weighted by molar-refractivity contribution is -0.139. The van der Waals surface area contributed by atoms with Crippen LogP contribution in [0.1, 0.15) is 25.5 Å². The first-order valence-corrected chi connectivity index (χ1v) is 5.74. The minimum atomic E-state index is -0.990. The Labute approximate surface area is 106 Å². The fraction of sp³-hybridized carbons (Fsp3) is 0.308. The molecular weight excluding hydrogens is 240 g/mol. The van der Waals surface area contributed by atoms with Gasteiger partial charge in [0.2, 0.25) is 0 Å². The summed E-state index contributed by atoms with van der Waals surface area (Å²) in [6.07, 6.45) is 0.563. The van der Waals surface area contributed by atoms with Gasteiger partial charge in [0.25, 0.3) is 0 Å². The van der Waals surface area contributed by atoms with E-state index in [2.05, 4.69) is 0 Å². The molecule has 0 aliphatic carbocycles. The monoisotopic (exact) mass is 254 g/mol. The second-order valence-electron chi connectivity index (χ2n) is 3.42. The van der Waals surface area contributed by atoms with Gasteiger partial charge in [-0.25, -0.2) is 4.79 Å². The molecule has 1 N–H and O–H groups in total. The Morgan fingerprint density at radius 2 is 2.06 bits per heavy atom. The SMILES string of the molecule is C/C=C(/C(=O)OCC)C(O)c1ccc(Cl)cc1. The molecule has 0 radical (unpaired) electrons. The van der Waals surface area contributed by atoms with Crippen LogP contribution in [0.4, 0.5) is 0 Å². The predicted octanol–water partition coefficient (Wildman–Crippen LogP) is 2.88. The number of halogens is 1. The summed E-state index contributed by atoms with van der Waals surface area (Å²) >= 11 is 5.75.